The molecule has 1 amide bonds. The first-order chi connectivity index (χ1) is 8.75. The van der Waals surface area contributed by atoms with Gasteiger partial charge in [-0.25, -0.2) is 4.98 Å². The van der Waals surface area contributed by atoms with E-state index < -0.39 is 0 Å². The number of piperidine rings is 1. The van der Waals surface area contributed by atoms with Crippen LogP contribution in [0.5, 0.6) is 0 Å². The fourth-order valence-corrected chi connectivity index (χ4v) is 2.32. The van der Waals surface area contributed by atoms with Crippen LogP contribution >= 0.6 is 24.8 Å². The van der Waals surface area contributed by atoms with Crippen molar-refractivity contribution in [3.63, 3.8) is 0 Å². The molecule has 1 aromatic rings. The van der Waals surface area contributed by atoms with Crippen molar-refractivity contribution >= 4 is 30.7 Å². The molecule has 1 atom stereocenters. The number of hydrogen-bond acceptors (Lipinski definition) is 3. The van der Waals surface area contributed by atoms with E-state index in [4.69, 9.17) is 0 Å². The zero-order chi connectivity index (χ0) is 12.8. The third kappa shape index (κ3) is 6.07. The molecule has 0 spiro atoms. The molecule has 0 aliphatic carbocycles. The molecule has 0 radical (unpaired) electrons. The number of amides is 1. The predicted molar refractivity (Wildman–Crippen MR) is 86.0 cm³/mol. The maximum Gasteiger partial charge on any atom is 0.269 e. The Kier molecular flexibility index (Phi) is 9.55. The largest absolute Gasteiger partial charge is 0.351 e. The van der Waals surface area contributed by atoms with Gasteiger partial charge in [-0.1, -0.05) is 6.07 Å². The Morgan fingerprint density at radius 3 is 2.90 bits per heavy atom. The molecule has 1 fully saturated rings. The zero-order valence-corrected chi connectivity index (χ0v) is 13.4. The normalized spacial score (nSPS) is 17.6. The Bertz CT molecular complexity index is 409. The third-order valence-corrected chi connectivity index (χ3v) is 3.36. The Labute approximate surface area is 132 Å². The van der Waals surface area contributed by atoms with E-state index in [9.17, 15) is 4.79 Å². The second kappa shape index (κ2) is 9.97. The minimum absolute atomic E-state index is 0. The van der Waals surface area contributed by atoms with Gasteiger partial charge in [0.25, 0.3) is 5.91 Å². The first kappa shape index (κ1) is 19.2. The standard InChI is InChI=1S/C14H21N3O.2ClH/c1-11-4-2-6-13(17-11)14(18)16-9-7-12-5-3-8-15-10-12;;/h2,4,6,12,15H,3,5,7-10H2,1H3,(H,16,18);2*1H. The summed E-state index contributed by atoms with van der Waals surface area (Å²) in [4.78, 5) is 16.1. The van der Waals surface area contributed by atoms with Crippen molar-refractivity contribution in [1.82, 2.24) is 15.6 Å². The van der Waals surface area contributed by atoms with E-state index in [1.165, 1.54) is 12.8 Å². The molecule has 0 aromatic carbocycles. The van der Waals surface area contributed by atoms with Gasteiger partial charge in [-0.3, -0.25) is 4.79 Å². The smallest absolute Gasteiger partial charge is 0.269 e. The van der Waals surface area contributed by atoms with Crippen LogP contribution < -0.4 is 10.6 Å². The maximum absolute atomic E-state index is 11.8. The van der Waals surface area contributed by atoms with Gasteiger partial charge in [0, 0.05) is 12.2 Å². The van der Waals surface area contributed by atoms with Crippen LogP contribution in [0.4, 0.5) is 0 Å². The summed E-state index contributed by atoms with van der Waals surface area (Å²) in [5, 5.41) is 6.33. The average Bonchev–Trinajstić information content (AvgIpc) is 2.40. The minimum atomic E-state index is -0.0672. The number of carbonyl (C=O) groups is 1. The van der Waals surface area contributed by atoms with Crippen LogP contribution in [0.2, 0.25) is 0 Å². The van der Waals surface area contributed by atoms with E-state index in [1.54, 1.807) is 6.07 Å². The summed E-state index contributed by atoms with van der Waals surface area (Å²) < 4.78 is 0. The number of hydrogen-bond donors (Lipinski definition) is 2. The lowest BCUT2D eigenvalue weighted by molar-refractivity contribution is 0.0945. The van der Waals surface area contributed by atoms with Crippen molar-refractivity contribution in [2.45, 2.75) is 26.2 Å². The Balaban J connectivity index is 0.00000180. The summed E-state index contributed by atoms with van der Waals surface area (Å²) in [5.41, 5.74) is 1.39. The van der Waals surface area contributed by atoms with Gasteiger partial charge < -0.3 is 10.6 Å². The SMILES string of the molecule is Cc1cccc(C(=O)NCCC2CCCNC2)n1.Cl.Cl. The average molecular weight is 320 g/mol. The van der Waals surface area contributed by atoms with Crippen molar-refractivity contribution in [3.8, 4) is 0 Å². The van der Waals surface area contributed by atoms with E-state index >= 15 is 0 Å². The van der Waals surface area contributed by atoms with Crippen molar-refractivity contribution in [3.05, 3.63) is 29.6 Å². The monoisotopic (exact) mass is 319 g/mol. The van der Waals surface area contributed by atoms with Crippen molar-refractivity contribution < 1.29 is 4.79 Å². The van der Waals surface area contributed by atoms with Gasteiger partial charge in [0.05, 0.1) is 0 Å². The van der Waals surface area contributed by atoms with Gasteiger partial charge in [0.1, 0.15) is 5.69 Å². The van der Waals surface area contributed by atoms with E-state index in [2.05, 4.69) is 15.6 Å². The van der Waals surface area contributed by atoms with E-state index in [-0.39, 0.29) is 30.7 Å². The number of aryl methyl sites for hydroxylation is 1. The fourth-order valence-electron chi connectivity index (χ4n) is 2.32. The second-order valence-corrected chi connectivity index (χ2v) is 4.92. The fraction of sp³-hybridized carbons (Fsp3) is 0.571. The van der Waals surface area contributed by atoms with E-state index in [0.29, 0.717) is 11.6 Å². The van der Waals surface area contributed by atoms with E-state index in [1.807, 2.05) is 19.1 Å². The van der Waals surface area contributed by atoms with Gasteiger partial charge in [-0.05, 0) is 57.3 Å². The van der Waals surface area contributed by atoms with Gasteiger partial charge in [0.15, 0.2) is 0 Å². The Morgan fingerprint density at radius 1 is 1.45 bits per heavy atom. The molecule has 0 saturated carbocycles. The quantitative estimate of drug-likeness (QED) is 0.895. The molecule has 2 rings (SSSR count). The predicted octanol–water partition coefficient (Wildman–Crippen LogP) is 2.35. The lowest BCUT2D eigenvalue weighted by Gasteiger charge is -2.22. The molecule has 1 aromatic heterocycles. The molecular formula is C14H23Cl2N3O. The van der Waals surface area contributed by atoms with Crippen LogP contribution in [0.3, 0.4) is 0 Å². The lowest BCUT2D eigenvalue weighted by atomic mass is 9.96. The Morgan fingerprint density at radius 2 is 2.25 bits per heavy atom. The first-order valence-electron chi connectivity index (χ1n) is 6.68. The second-order valence-electron chi connectivity index (χ2n) is 4.92. The molecule has 4 nitrogen and oxygen atoms in total. The number of nitrogens with zero attached hydrogens (tertiary/aromatic N) is 1. The summed E-state index contributed by atoms with van der Waals surface area (Å²) in [6, 6.07) is 5.51. The number of pyridine rings is 1. The van der Waals surface area contributed by atoms with Crippen LogP contribution in [-0.2, 0) is 0 Å². The van der Waals surface area contributed by atoms with Crippen LogP contribution in [0, 0.1) is 12.8 Å². The van der Waals surface area contributed by atoms with Crippen LogP contribution in [0.25, 0.3) is 0 Å². The van der Waals surface area contributed by atoms with Gasteiger partial charge in [-0.2, -0.15) is 0 Å². The first-order valence-corrected chi connectivity index (χ1v) is 6.68. The zero-order valence-electron chi connectivity index (χ0n) is 11.7. The summed E-state index contributed by atoms with van der Waals surface area (Å²) in [5.74, 6) is 0.631. The molecule has 1 saturated heterocycles. The van der Waals surface area contributed by atoms with Crippen molar-refractivity contribution in [1.29, 1.82) is 0 Å². The minimum Gasteiger partial charge on any atom is -0.351 e. The molecule has 1 unspecified atom stereocenters. The summed E-state index contributed by atoms with van der Waals surface area (Å²) >= 11 is 0. The van der Waals surface area contributed by atoms with Crippen LogP contribution in [-0.4, -0.2) is 30.5 Å². The third-order valence-electron chi connectivity index (χ3n) is 3.36. The highest BCUT2D eigenvalue weighted by Gasteiger charge is 2.13. The molecule has 114 valence electrons. The highest BCUT2D eigenvalue weighted by atomic mass is 35.5. The molecule has 1 aliphatic rings. The topological polar surface area (TPSA) is 54.0 Å². The maximum atomic E-state index is 11.8. The highest BCUT2D eigenvalue weighted by Crippen LogP contribution is 2.12. The van der Waals surface area contributed by atoms with Crippen LogP contribution in [0.1, 0.15) is 35.4 Å². The molecular weight excluding hydrogens is 297 g/mol. The number of rotatable bonds is 4. The molecule has 0 bridgehead atoms. The lowest BCUT2D eigenvalue weighted by Crippen LogP contribution is -2.33. The molecule has 6 heteroatoms. The van der Waals surface area contributed by atoms with Gasteiger partial charge in [0.2, 0.25) is 0 Å². The molecule has 20 heavy (non-hydrogen) atoms. The number of aromatic nitrogens is 1. The molecule has 2 heterocycles. The highest BCUT2D eigenvalue weighted by molar-refractivity contribution is 5.92. The van der Waals surface area contributed by atoms with Gasteiger partial charge >= 0.3 is 0 Å². The van der Waals surface area contributed by atoms with Crippen molar-refractivity contribution in [2.24, 2.45) is 5.92 Å². The van der Waals surface area contributed by atoms with Crippen molar-refractivity contribution in [2.75, 3.05) is 19.6 Å². The summed E-state index contributed by atoms with van der Waals surface area (Å²) in [7, 11) is 0. The molecule has 2 N–H and O–H groups in total. The van der Waals surface area contributed by atoms with Crippen LogP contribution in [0.15, 0.2) is 18.2 Å². The number of nitrogens with one attached hydrogen (secondary N) is 2. The summed E-state index contributed by atoms with van der Waals surface area (Å²) in [6.45, 7) is 4.85. The van der Waals surface area contributed by atoms with Gasteiger partial charge in [-0.15, -0.1) is 24.8 Å². The Hall–Kier alpha value is -0.840. The summed E-state index contributed by atoms with van der Waals surface area (Å²) in [6.07, 6.45) is 3.56. The number of halogens is 2. The number of carbonyl (C=O) groups excluding carboxylic acids is 1. The molecule has 1 aliphatic heterocycles. The van der Waals surface area contributed by atoms with E-state index in [0.717, 1.165) is 31.7 Å².